The molecule has 0 radical (unpaired) electrons. The van der Waals surface area contributed by atoms with Crippen molar-refractivity contribution in [3.8, 4) is 0 Å². The number of hydrogen-bond donors (Lipinski definition) is 1. The van der Waals surface area contributed by atoms with Crippen molar-refractivity contribution >= 4 is 0 Å². The highest BCUT2D eigenvalue weighted by Gasteiger charge is 2.18. The van der Waals surface area contributed by atoms with Gasteiger partial charge in [0.15, 0.2) is 0 Å². The van der Waals surface area contributed by atoms with Crippen molar-refractivity contribution in [1.29, 1.82) is 0 Å². The molecule has 1 atom stereocenters. The molecule has 3 nitrogen and oxygen atoms in total. The molecule has 2 rings (SSSR count). The lowest BCUT2D eigenvalue weighted by Crippen LogP contribution is -2.42. The number of ether oxygens (including phenoxy) is 1. The number of rotatable bonds is 3. The number of hydrogen-bond acceptors (Lipinski definition) is 3. The molecule has 88 valence electrons. The van der Waals surface area contributed by atoms with E-state index < -0.39 is 0 Å². The van der Waals surface area contributed by atoms with E-state index in [0.717, 1.165) is 26.3 Å². The Labute approximate surface area is 97.2 Å². The van der Waals surface area contributed by atoms with E-state index in [1.165, 1.54) is 11.1 Å². The Balaban J connectivity index is 2.01. The zero-order valence-corrected chi connectivity index (χ0v) is 9.86. The number of nitrogens with zero attached hydrogens (tertiary/aromatic N) is 1. The van der Waals surface area contributed by atoms with E-state index in [2.05, 4.69) is 36.1 Å². The Morgan fingerprint density at radius 3 is 3.00 bits per heavy atom. The first kappa shape index (κ1) is 11.6. The lowest BCUT2D eigenvalue weighted by molar-refractivity contribution is -0.00437. The predicted octanol–water partition coefficient (Wildman–Crippen LogP) is 1.37. The van der Waals surface area contributed by atoms with Gasteiger partial charge in [0.1, 0.15) is 0 Å². The molecule has 1 aliphatic heterocycles. The van der Waals surface area contributed by atoms with Gasteiger partial charge in [0.2, 0.25) is 0 Å². The normalized spacial score (nSPS) is 22.2. The van der Waals surface area contributed by atoms with Gasteiger partial charge in [-0.3, -0.25) is 4.90 Å². The largest absolute Gasteiger partial charge is 0.379 e. The fraction of sp³-hybridized carbons (Fsp3) is 0.538. The SMILES string of the molecule is CC1COCCN1Cc1cccc(CN)c1. The molecule has 2 N–H and O–H groups in total. The summed E-state index contributed by atoms with van der Waals surface area (Å²) in [6.07, 6.45) is 0. The van der Waals surface area contributed by atoms with Crippen LogP contribution in [0.2, 0.25) is 0 Å². The van der Waals surface area contributed by atoms with E-state index in [0.29, 0.717) is 12.6 Å². The van der Waals surface area contributed by atoms with Crippen LogP contribution in [0.1, 0.15) is 18.1 Å². The first-order valence-corrected chi connectivity index (χ1v) is 5.89. The van der Waals surface area contributed by atoms with Crippen molar-refractivity contribution in [2.24, 2.45) is 5.73 Å². The molecule has 0 aromatic heterocycles. The smallest absolute Gasteiger partial charge is 0.0619 e. The monoisotopic (exact) mass is 220 g/mol. The van der Waals surface area contributed by atoms with Gasteiger partial charge < -0.3 is 10.5 Å². The fourth-order valence-electron chi connectivity index (χ4n) is 2.09. The second-order valence-electron chi connectivity index (χ2n) is 4.42. The van der Waals surface area contributed by atoms with Crippen LogP contribution in [0.3, 0.4) is 0 Å². The zero-order valence-electron chi connectivity index (χ0n) is 9.86. The maximum absolute atomic E-state index is 5.65. The summed E-state index contributed by atoms with van der Waals surface area (Å²) in [7, 11) is 0. The molecule has 1 unspecified atom stereocenters. The van der Waals surface area contributed by atoms with Gasteiger partial charge in [0, 0.05) is 25.7 Å². The topological polar surface area (TPSA) is 38.5 Å². The average molecular weight is 220 g/mol. The third-order valence-electron chi connectivity index (χ3n) is 3.12. The van der Waals surface area contributed by atoms with Gasteiger partial charge in [-0.1, -0.05) is 24.3 Å². The van der Waals surface area contributed by atoms with Crippen LogP contribution in [-0.2, 0) is 17.8 Å². The Morgan fingerprint density at radius 2 is 2.25 bits per heavy atom. The molecule has 0 spiro atoms. The maximum atomic E-state index is 5.65. The van der Waals surface area contributed by atoms with Gasteiger partial charge in [-0.05, 0) is 18.1 Å². The Morgan fingerprint density at radius 1 is 1.44 bits per heavy atom. The molecule has 1 aromatic carbocycles. The van der Waals surface area contributed by atoms with Crippen LogP contribution in [0, 0.1) is 0 Å². The molecule has 1 aromatic rings. The standard InChI is InChI=1S/C13H20N2O/c1-11-10-16-6-5-15(11)9-13-4-2-3-12(7-13)8-14/h2-4,7,11H,5-6,8-10,14H2,1H3. The van der Waals surface area contributed by atoms with Crippen molar-refractivity contribution in [1.82, 2.24) is 4.90 Å². The third-order valence-corrected chi connectivity index (χ3v) is 3.12. The lowest BCUT2D eigenvalue weighted by Gasteiger charge is -2.33. The predicted molar refractivity (Wildman–Crippen MR) is 65.0 cm³/mol. The first-order valence-electron chi connectivity index (χ1n) is 5.89. The molecular formula is C13H20N2O. The van der Waals surface area contributed by atoms with Crippen LogP contribution in [0.25, 0.3) is 0 Å². The Hall–Kier alpha value is -0.900. The van der Waals surface area contributed by atoms with Crippen molar-refractivity contribution in [2.45, 2.75) is 26.1 Å². The minimum atomic E-state index is 0.510. The average Bonchev–Trinajstić information content (AvgIpc) is 2.32. The fourth-order valence-corrected chi connectivity index (χ4v) is 2.09. The molecule has 3 heteroatoms. The van der Waals surface area contributed by atoms with E-state index in [-0.39, 0.29) is 0 Å². The van der Waals surface area contributed by atoms with Crippen molar-refractivity contribution < 1.29 is 4.74 Å². The molecule has 0 aliphatic carbocycles. The van der Waals surface area contributed by atoms with E-state index in [4.69, 9.17) is 10.5 Å². The summed E-state index contributed by atoms with van der Waals surface area (Å²) in [5, 5.41) is 0. The Kier molecular flexibility index (Phi) is 3.93. The van der Waals surface area contributed by atoms with Gasteiger partial charge in [-0.25, -0.2) is 0 Å². The summed E-state index contributed by atoms with van der Waals surface area (Å²) < 4.78 is 5.43. The van der Waals surface area contributed by atoms with Crippen molar-refractivity contribution in [3.05, 3.63) is 35.4 Å². The second kappa shape index (κ2) is 5.43. The minimum Gasteiger partial charge on any atom is -0.379 e. The molecule has 1 saturated heterocycles. The lowest BCUT2D eigenvalue weighted by atomic mass is 10.1. The molecular weight excluding hydrogens is 200 g/mol. The summed E-state index contributed by atoms with van der Waals surface area (Å²) in [4.78, 5) is 2.46. The molecule has 1 heterocycles. The van der Waals surface area contributed by atoms with E-state index in [1.807, 2.05) is 0 Å². The highest BCUT2D eigenvalue weighted by atomic mass is 16.5. The number of nitrogens with two attached hydrogens (primary N) is 1. The van der Waals surface area contributed by atoms with Crippen LogP contribution < -0.4 is 5.73 Å². The summed E-state index contributed by atoms with van der Waals surface area (Å²) >= 11 is 0. The van der Waals surface area contributed by atoms with E-state index >= 15 is 0 Å². The summed E-state index contributed by atoms with van der Waals surface area (Å²) in [6, 6.07) is 9.04. The molecule has 1 aliphatic rings. The van der Waals surface area contributed by atoms with Crippen LogP contribution in [-0.4, -0.2) is 30.7 Å². The van der Waals surface area contributed by atoms with Gasteiger partial charge >= 0.3 is 0 Å². The van der Waals surface area contributed by atoms with Gasteiger partial charge in [0.25, 0.3) is 0 Å². The first-order chi connectivity index (χ1) is 7.79. The van der Waals surface area contributed by atoms with Crippen molar-refractivity contribution in [3.63, 3.8) is 0 Å². The second-order valence-corrected chi connectivity index (χ2v) is 4.42. The van der Waals surface area contributed by atoms with Crippen LogP contribution in [0.4, 0.5) is 0 Å². The molecule has 0 amide bonds. The summed E-state index contributed by atoms with van der Waals surface area (Å²) in [6.45, 7) is 6.54. The summed E-state index contributed by atoms with van der Waals surface area (Å²) in [5.41, 5.74) is 8.20. The van der Waals surface area contributed by atoms with E-state index in [1.54, 1.807) is 0 Å². The number of benzene rings is 1. The highest BCUT2D eigenvalue weighted by Crippen LogP contribution is 2.13. The molecule has 0 bridgehead atoms. The molecule has 16 heavy (non-hydrogen) atoms. The number of morpholine rings is 1. The van der Waals surface area contributed by atoms with Gasteiger partial charge in [0.05, 0.1) is 13.2 Å². The van der Waals surface area contributed by atoms with Crippen molar-refractivity contribution in [2.75, 3.05) is 19.8 Å². The van der Waals surface area contributed by atoms with Gasteiger partial charge in [-0.15, -0.1) is 0 Å². The van der Waals surface area contributed by atoms with Gasteiger partial charge in [-0.2, -0.15) is 0 Å². The van der Waals surface area contributed by atoms with Crippen LogP contribution in [0.15, 0.2) is 24.3 Å². The zero-order chi connectivity index (χ0) is 11.4. The quantitative estimate of drug-likeness (QED) is 0.836. The van der Waals surface area contributed by atoms with Crippen LogP contribution in [0.5, 0.6) is 0 Å². The highest BCUT2D eigenvalue weighted by molar-refractivity contribution is 5.23. The molecule has 0 saturated carbocycles. The minimum absolute atomic E-state index is 0.510. The summed E-state index contributed by atoms with van der Waals surface area (Å²) in [5.74, 6) is 0. The van der Waals surface area contributed by atoms with E-state index in [9.17, 15) is 0 Å². The maximum Gasteiger partial charge on any atom is 0.0619 e. The Bertz CT molecular complexity index is 340. The third kappa shape index (κ3) is 2.82. The van der Waals surface area contributed by atoms with Crippen LogP contribution >= 0.6 is 0 Å². The molecule has 1 fully saturated rings.